The molecule has 2 heterocycles. The van der Waals surface area contributed by atoms with Crippen LogP contribution in [0.3, 0.4) is 0 Å². The van der Waals surface area contributed by atoms with Gasteiger partial charge in [0, 0.05) is 24.7 Å². The Labute approximate surface area is 172 Å². The van der Waals surface area contributed by atoms with Crippen LogP contribution in [0.4, 0.5) is 0 Å². The quantitative estimate of drug-likeness (QED) is 0.825. The van der Waals surface area contributed by atoms with E-state index in [0.29, 0.717) is 0 Å². The Morgan fingerprint density at radius 3 is 2.54 bits per heavy atom. The third-order valence-corrected chi connectivity index (χ3v) is 6.65. The summed E-state index contributed by atoms with van der Waals surface area (Å²) in [5, 5.41) is 12.5. The molecule has 2 aliphatic rings. The van der Waals surface area contributed by atoms with E-state index in [1.54, 1.807) is 7.11 Å². The van der Waals surface area contributed by atoms with Gasteiger partial charge in [0.2, 0.25) is 0 Å². The monoisotopic (exact) mass is 400 g/mol. The molecular formula is C23H29ClN2O2. The Kier molecular flexibility index (Phi) is 5.93. The third-order valence-electron chi connectivity index (χ3n) is 6.30. The number of benzene rings is 2. The number of ether oxygens (including phenoxy) is 1. The van der Waals surface area contributed by atoms with E-state index in [2.05, 4.69) is 21.9 Å². The lowest BCUT2D eigenvalue weighted by atomic mass is 9.79. The molecule has 2 aromatic rings. The summed E-state index contributed by atoms with van der Waals surface area (Å²) in [5.41, 5.74) is 1.34. The molecule has 28 heavy (non-hydrogen) atoms. The van der Waals surface area contributed by atoms with Gasteiger partial charge in [-0.2, -0.15) is 0 Å². The minimum absolute atomic E-state index is 0.100. The summed E-state index contributed by atoms with van der Waals surface area (Å²) in [5.74, 6) is 0.779. The molecule has 0 aromatic heterocycles. The van der Waals surface area contributed by atoms with Crippen molar-refractivity contribution in [3.05, 3.63) is 64.7 Å². The Bertz CT molecular complexity index is 794. The first-order valence-corrected chi connectivity index (χ1v) is 10.5. The first-order chi connectivity index (χ1) is 13.6. The van der Waals surface area contributed by atoms with Crippen LogP contribution in [0, 0.1) is 0 Å². The molecule has 0 radical (unpaired) electrons. The van der Waals surface area contributed by atoms with Crippen LogP contribution in [0.25, 0.3) is 0 Å². The number of piperidine rings is 1. The van der Waals surface area contributed by atoms with Gasteiger partial charge in [-0.25, -0.2) is 0 Å². The summed E-state index contributed by atoms with van der Waals surface area (Å²) in [6.07, 6.45) is 3.16. The van der Waals surface area contributed by atoms with E-state index in [1.807, 2.05) is 36.4 Å². The first kappa shape index (κ1) is 19.7. The highest BCUT2D eigenvalue weighted by Crippen LogP contribution is 2.38. The summed E-state index contributed by atoms with van der Waals surface area (Å²) in [6.45, 7) is 4.61. The summed E-state index contributed by atoms with van der Waals surface area (Å²) in [4.78, 5) is 4.91. The Hall–Kier alpha value is -1.59. The summed E-state index contributed by atoms with van der Waals surface area (Å²) in [6, 6.07) is 16.2. The van der Waals surface area contributed by atoms with Gasteiger partial charge in [-0.15, -0.1) is 0 Å². The molecule has 0 spiro atoms. The molecule has 0 bridgehead atoms. The van der Waals surface area contributed by atoms with Crippen LogP contribution >= 0.6 is 11.6 Å². The summed E-state index contributed by atoms with van der Waals surface area (Å²) >= 11 is 6.48. The zero-order valence-corrected chi connectivity index (χ0v) is 17.2. The lowest BCUT2D eigenvalue weighted by molar-refractivity contribution is -0.0959. The van der Waals surface area contributed by atoms with E-state index in [9.17, 15) is 5.11 Å². The van der Waals surface area contributed by atoms with Gasteiger partial charge in [0.15, 0.2) is 0 Å². The maximum absolute atomic E-state index is 11.8. The van der Waals surface area contributed by atoms with Gasteiger partial charge in [0.1, 0.15) is 11.4 Å². The van der Waals surface area contributed by atoms with Crippen molar-refractivity contribution in [1.82, 2.24) is 9.80 Å². The predicted octanol–water partition coefficient (Wildman–Crippen LogP) is 3.91. The van der Waals surface area contributed by atoms with Crippen LogP contribution in [0.15, 0.2) is 48.5 Å². The molecule has 150 valence electrons. The Morgan fingerprint density at radius 2 is 1.86 bits per heavy atom. The molecule has 4 nitrogen and oxygen atoms in total. The van der Waals surface area contributed by atoms with E-state index < -0.39 is 5.60 Å². The number of hydrogen-bond donors (Lipinski definition) is 1. The van der Waals surface area contributed by atoms with E-state index in [4.69, 9.17) is 16.3 Å². The van der Waals surface area contributed by atoms with Gasteiger partial charge in [-0.1, -0.05) is 48.0 Å². The molecule has 5 heteroatoms. The number of hydrogen-bond acceptors (Lipinski definition) is 4. The molecule has 0 amide bonds. The average Bonchev–Trinajstić information content (AvgIpc) is 3.26. The molecule has 2 fully saturated rings. The lowest BCUT2D eigenvalue weighted by Crippen LogP contribution is -2.60. The summed E-state index contributed by atoms with van der Waals surface area (Å²) in [7, 11) is 1.65. The van der Waals surface area contributed by atoms with Crippen molar-refractivity contribution in [1.29, 1.82) is 0 Å². The fraction of sp³-hybridized carbons (Fsp3) is 0.478. The van der Waals surface area contributed by atoms with Crippen molar-refractivity contribution in [3.8, 4) is 5.75 Å². The standard InChI is InChI=1S/C23H29ClN2O2/c1-28-20-10-9-18(21(24)15-20)16-25-14-11-23(27,19-7-3-2-4-8-19)22(17-25)26-12-5-6-13-26/h2-4,7-10,15,22,27H,5-6,11-14,16-17H2,1H3/t22-,23+/m1/s1. The number of methoxy groups -OCH3 is 1. The van der Waals surface area contributed by atoms with E-state index >= 15 is 0 Å². The lowest BCUT2D eigenvalue weighted by Gasteiger charge is -2.48. The fourth-order valence-corrected chi connectivity index (χ4v) is 4.91. The van der Waals surface area contributed by atoms with Gasteiger partial charge in [0.25, 0.3) is 0 Å². The highest BCUT2D eigenvalue weighted by Gasteiger charge is 2.46. The molecule has 2 saturated heterocycles. The second kappa shape index (κ2) is 8.42. The third kappa shape index (κ3) is 3.92. The van der Waals surface area contributed by atoms with Gasteiger partial charge >= 0.3 is 0 Å². The molecule has 2 aromatic carbocycles. The number of rotatable bonds is 5. The average molecular weight is 401 g/mol. The van der Waals surface area contributed by atoms with Crippen molar-refractivity contribution in [2.75, 3.05) is 33.3 Å². The molecule has 2 aliphatic heterocycles. The van der Waals surface area contributed by atoms with E-state index in [1.165, 1.54) is 12.8 Å². The smallest absolute Gasteiger partial charge is 0.120 e. The van der Waals surface area contributed by atoms with Crippen molar-refractivity contribution in [2.45, 2.75) is 37.5 Å². The predicted molar refractivity (Wildman–Crippen MR) is 113 cm³/mol. The highest BCUT2D eigenvalue weighted by molar-refractivity contribution is 6.31. The first-order valence-electron chi connectivity index (χ1n) is 10.2. The normalized spacial score (nSPS) is 26.5. The summed E-state index contributed by atoms with van der Waals surface area (Å²) < 4.78 is 5.26. The molecule has 0 saturated carbocycles. The number of likely N-dealkylation sites (tertiary alicyclic amines) is 2. The fourth-order valence-electron chi connectivity index (χ4n) is 4.68. The van der Waals surface area contributed by atoms with E-state index in [0.717, 1.165) is 61.0 Å². The second-order valence-corrected chi connectivity index (χ2v) is 8.40. The van der Waals surface area contributed by atoms with Crippen LogP contribution in [0.2, 0.25) is 5.02 Å². The minimum Gasteiger partial charge on any atom is -0.497 e. The van der Waals surface area contributed by atoms with Crippen molar-refractivity contribution in [2.24, 2.45) is 0 Å². The second-order valence-electron chi connectivity index (χ2n) is 7.99. The maximum Gasteiger partial charge on any atom is 0.120 e. The SMILES string of the molecule is COc1ccc(CN2CC[C@](O)(c3ccccc3)[C@H](N3CCCC3)C2)c(Cl)c1. The van der Waals surface area contributed by atoms with Crippen molar-refractivity contribution >= 4 is 11.6 Å². The van der Waals surface area contributed by atoms with Crippen LogP contribution in [-0.4, -0.2) is 54.2 Å². The van der Waals surface area contributed by atoms with Crippen LogP contribution in [-0.2, 0) is 12.1 Å². The Morgan fingerprint density at radius 1 is 1.11 bits per heavy atom. The van der Waals surface area contributed by atoms with Gasteiger partial charge < -0.3 is 9.84 Å². The van der Waals surface area contributed by atoms with Crippen LogP contribution < -0.4 is 4.74 Å². The zero-order valence-electron chi connectivity index (χ0n) is 16.5. The largest absolute Gasteiger partial charge is 0.497 e. The van der Waals surface area contributed by atoms with Crippen molar-refractivity contribution < 1.29 is 9.84 Å². The number of nitrogens with zero attached hydrogens (tertiary/aromatic N) is 2. The number of halogens is 1. The van der Waals surface area contributed by atoms with Crippen LogP contribution in [0.1, 0.15) is 30.4 Å². The number of aliphatic hydroxyl groups is 1. The topological polar surface area (TPSA) is 35.9 Å². The maximum atomic E-state index is 11.8. The van der Waals surface area contributed by atoms with Gasteiger partial charge in [0.05, 0.1) is 13.2 Å². The molecule has 4 rings (SSSR count). The highest BCUT2D eigenvalue weighted by atomic mass is 35.5. The molecule has 1 N–H and O–H groups in total. The van der Waals surface area contributed by atoms with E-state index in [-0.39, 0.29) is 6.04 Å². The van der Waals surface area contributed by atoms with Gasteiger partial charge in [-0.3, -0.25) is 9.80 Å². The zero-order chi connectivity index (χ0) is 19.6. The molecular weight excluding hydrogens is 372 g/mol. The molecule has 2 atom stereocenters. The van der Waals surface area contributed by atoms with Crippen molar-refractivity contribution in [3.63, 3.8) is 0 Å². The molecule has 0 unspecified atom stereocenters. The Balaban J connectivity index is 1.55. The molecule has 0 aliphatic carbocycles. The van der Waals surface area contributed by atoms with Gasteiger partial charge in [-0.05, 0) is 55.6 Å². The van der Waals surface area contributed by atoms with Crippen LogP contribution in [0.5, 0.6) is 5.75 Å². The minimum atomic E-state index is -0.800.